The van der Waals surface area contributed by atoms with E-state index in [0.717, 1.165) is 25.7 Å². The summed E-state index contributed by atoms with van der Waals surface area (Å²) in [6.45, 7) is 6.54. The van der Waals surface area contributed by atoms with Crippen molar-refractivity contribution in [2.75, 3.05) is 11.9 Å². The summed E-state index contributed by atoms with van der Waals surface area (Å²) >= 11 is 0. The van der Waals surface area contributed by atoms with Crippen molar-refractivity contribution in [3.63, 3.8) is 0 Å². The molecule has 0 aromatic heterocycles. The van der Waals surface area contributed by atoms with Gasteiger partial charge in [-0.25, -0.2) is 0 Å². The monoisotopic (exact) mass is 256 g/mol. The highest BCUT2D eigenvalue weighted by molar-refractivity contribution is 5.57. The minimum atomic E-state index is 0.283. The second kappa shape index (κ2) is 5.65. The van der Waals surface area contributed by atoms with Gasteiger partial charge in [0, 0.05) is 24.7 Å². The van der Waals surface area contributed by atoms with E-state index in [-0.39, 0.29) is 5.92 Å². The number of aryl methyl sites for hydroxylation is 3. The third-order valence-corrected chi connectivity index (χ3v) is 4.62. The number of nitrogens with zero attached hydrogens (tertiary/aromatic N) is 2. The first kappa shape index (κ1) is 13.9. The van der Waals surface area contributed by atoms with Gasteiger partial charge in [-0.1, -0.05) is 6.07 Å². The molecule has 0 spiro atoms. The summed E-state index contributed by atoms with van der Waals surface area (Å²) in [7, 11) is 2.20. The van der Waals surface area contributed by atoms with Gasteiger partial charge < -0.3 is 4.90 Å². The number of nitriles is 1. The van der Waals surface area contributed by atoms with Crippen LogP contribution in [0.1, 0.15) is 42.4 Å². The molecule has 0 heterocycles. The second-order valence-corrected chi connectivity index (χ2v) is 5.97. The largest absolute Gasteiger partial charge is 0.371 e. The molecule has 0 unspecified atom stereocenters. The van der Waals surface area contributed by atoms with Crippen LogP contribution in [0.2, 0.25) is 0 Å². The van der Waals surface area contributed by atoms with E-state index in [1.54, 1.807) is 0 Å². The van der Waals surface area contributed by atoms with Crippen LogP contribution >= 0.6 is 0 Å². The fraction of sp³-hybridized carbons (Fsp3) is 0.588. The maximum Gasteiger partial charge on any atom is 0.0655 e. The van der Waals surface area contributed by atoms with Crippen LogP contribution in [0.25, 0.3) is 0 Å². The number of hydrogen-bond donors (Lipinski definition) is 0. The van der Waals surface area contributed by atoms with Gasteiger partial charge in [0.25, 0.3) is 0 Å². The van der Waals surface area contributed by atoms with Gasteiger partial charge in [0.15, 0.2) is 0 Å². The molecule has 0 N–H and O–H groups in total. The molecule has 1 fully saturated rings. The molecular weight excluding hydrogens is 232 g/mol. The average Bonchev–Trinajstić information content (AvgIpc) is 2.42. The minimum absolute atomic E-state index is 0.283. The standard InChI is InChI=1S/C17H24N2/c1-12-9-14(3)17(10-13(12)2)19(4)16-7-5-15(11-18)6-8-16/h9-10,15-16H,5-8H2,1-4H3. The lowest BCUT2D eigenvalue weighted by molar-refractivity contribution is 0.372. The average molecular weight is 256 g/mol. The molecule has 2 nitrogen and oxygen atoms in total. The maximum absolute atomic E-state index is 8.98. The van der Waals surface area contributed by atoms with Gasteiger partial charge in [-0.15, -0.1) is 0 Å². The van der Waals surface area contributed by atoms with Crippen LogP contribution in [0.4, 0.5) is 5.69 Å². The molecule has 0 atom stereocenters. The van der Waals surface area contributed by atoms with Crippen LogP contribution in [0.5, 0.6) is 0 Å². The van der Waals surface area contributed by atoms with E-state index in [4.69, 9.17) is 5.26 Å². The van der Waals surface area contributed by atoms with Gasteiger partial charge in [-0.3, -0.25) is 0 Å². The van der Waals surface area contributed by atoms with Gasteiger partial charge in [-0.05, 0) is 69.2 Å². The van der Waals surface area contributed by atoms with Crippen molar-refractivity contribution in [2.24, 2.45) is 5.92 Å². The van der Waals surface area contributed by atoms with Gasteiger partial charge in [0.1, 0.15) is 0 Å². The summed E-state index contributed by atoms with van der Waals surface area (Å²) in [5, 5.41) is 8.98. The van der Waals surface area contributed by atoms with Crippen molar-refractivity contribution in [2.45, 2.75) is 52.5 Å². The summed E-state index contributed by atoms with van der Waals surface area (Å²) in [6.07, 6.45) is 4.38. The molecule has 102 valence electrons. The Hall–Kier alpha value is -1.49. The Morgan fingerprint density at radius 3 is 2.16 bits per heavy atom. The molecule has 1 aliphatic rings. The summed E-state index contributed by atoms with van der Waals surface area (Å²) in [5.74, 6) is 0.283. The van der Waals surface area contributed by atoms with E-state index >= 15 is 0 Å². The summed E-state index contributed by atoms with van der Waals surface area (Å²) in [6, 6.07) is 7.59. The first-order valence-electron chi connectivity index (χ1n) is 7.23. The molecule has 0 saturated heterocycles. The highest BCUT2D eigenvalue weighted by Crippen LogP contribution is 2.31. The van der Waals surface area contributed by atoms with Crippen LogP contribution in [0.3, 0.4) is 0 Å². The zero-order valence-electron chi connectivity index (χ0n) is 12.5. The number of hydrogen-bond acceptors (Lipinski definition) is 2. The Bertz CT molecular complexity index is 491. The second-order valence-electron chi connectivity index (χ2n) is 5.97. The lowest BCUT2D eigenvalue weighted by Crippen LogP contribution is -2.35. The van der Waals surface area contributed by atoms with Gasteiger partial charge in [-0.2, -0.15) is 5.26 Å². The number of rotatable bonds is 2. The van der Waals surface area contributed by atoms with E-state index in [1.807, 2.05) is 0 Å². The van der Waals surface area contributed by atoms with E-state index in [2.05, 4.69) is 50.9 Å². The molecular formula is C17H24N2. The minimum Gasteiger partial charge on any atom is -0.371 e. The van der Waals surface area contributed by atoms with Gasteiger partial charge in [0.2, 0.25) is 0 Å². The Kier molecular flexibility index (Phi) is 4.14. The fourth-order valence-corrected chi connectivity index (χ4v) is 3.11. The third-order valence-electron chi connectivity index (χ3n) is 4.62. The molecule has 2 heteroatoms. The molecule has 2 rings (SSSR count). The lowest BCUT2D eigenvalue weighted by atomic mass is 9.86. The van der Waals surface area contributed by atoms with Crippen molar-refractivity contribution in [3.05, 3.63) is 28.8 Å². The van der Waals surface area contributed by atoms with Gasteiger partial charge >= 0.3 is 0 Å². The van der Waals surface area contributed by atoms with Crippen molar-refractivity contribution in [3.8, 4) is 6.07 Å². The SMILES string of the molecule is Cc1cc(C)c(N(C)C2CCC(C#N)CC2)cc1C. The molecule has 1 aliphatic carbocycles. The van der Waals surface area contributed by atoms with E-state index in [1.165, 1.54) is 22.4 Å². The summed E-state index contributed by atoms with van der Waals surface area (Å²) in [4.78, 5) is 2.43. The quantitative estimate of drug-likeness (QED) is 0.795. The topological polar surface area (TPSA) is 27.0 Å². The number of anilines is 1. The fourth-order valence-electron chi connectivity index (χ4n) is 3.11. The zero-order chi connectivity index (χ0) is 14.0. The molecule has 0 radical (unpaired) electrons. The lowest BCUT2D eigenvalue weighted by Gasteiger charge is -2.35. The summed E-state index contributed by atoms with van der Waals surface area (Å²) < 4.78 is 0. The number of benzene rings is 1. The first-order chi connectivity index (χ1) is 9.02. The highest BCUT2D eigenvalue weighted by atomic mass is 15.1. The third kappa shape index (κ3) is 2.92. The Morgan fingerprint density at radius 1 is 1.00 bits per heavy atom. The highest BCUT2D eigenvalue weighted by Gasteiger charge is 2.24. The first-order valence-corrected chi connectivity index (χ1v) is 7.23. The molecule has 1 saturated carbocycles. The zero-order valence-corrected chi connectivity index (χ0v) is 12.5. The van der Waals surface area contributed by atoms with Gasteiger partial charge in [0.05, 0.1) is 6.07 Å². The smallest absolute Gasteiger partial charge is 0.0655 e. The Morgan fingerprint density at radius 2 is 1.58 bits per heavy atom. The summed E-state index contributed by atoms with van der Waals surface area (Å²) in [5.41, 5.74) is 5.43. The molecule has 1 aromatic rings. The van der Waals surface area contributed by atoms with E-state index < -0.39 is 0 Å². The van der Waals surface area contributed by atoms with Crippen LogP contribution in [-0.4, -0.2) is 13.1 Å². The van der Waals surface area contributed by atoms with Crippen LogP contribution in [-0.2, 0) is 0 Å². The molecule has 0 bridgehead atoms. The van der Waals surface area contributed by atoms with E-state index in [0.29, 0.717) is 6.04 Å². The van der Waals surface area contributed by atoms with Crippen LogP contribution in [0.15, 0.2) is 12.1 Å². The normalized spacial score (nSPS) is 22.9. The Balaban J connectivity index is 2.14. The molecule has 19 heavy (non-hydrogen) atoms. The maximum atomic E-state index is 8.98. The van der Waals surface area contributed by atoms with Crippen molar-refractivity contribution < 1.29 is 0 Å². The van der Waals surface area contributed by atoms with Crippen LogP contribution < -0.4 is 4.90 Å². The van der Waals surface area contributed by atoms with E-state index in [9.17, 15) is 0 Å². The van der Waals surface area contributed by atoms with Crippen LogP contribution in [0, 0.1) is 38.0 Å². The molecule has 0 amide bonds. The Labute approximate surface area is 117 Å². The van der Waals surface area contributed by atoms with Crippen molar-refractivity contribution in [1.29, 1.82) is 5.26 Å². The van der Waals surface area contributed by atoms with Crippen molar-refractivity contribution in [1.82, 2.24) is 0 Å². The molecule has 1 aromatic carbocycles. The predicted octanol–water partition coefficient (Wildman–Crippen LogP) is 4.13. The molecule has 0 aliphatic heterocycles. The predicted molar refractivity (Wildman–Crippen MR) is 80.4 cm³/mol. The van der Waals surface area contributed by atoms with Crippen molar-refractivity contribution >= 4 is 5.69 Å².